The van der Waals surface area contributed by atoms with Crippen molar-refractivity contribution in [2.24, 2.45) is 12.8 Å². The Kier molecular flexibility index (Phi) is 3.03. The van der Waals surface area contributed by atoms with E-state index in [9.17, 15) is 0 Å². The Labute approximate surface area is 102 Å². The molecule has 0 fully saturated rings. The second-order valence-electron chi connectivity index (χ2n) is 4.51. The van der Waals surface area contributed by atoms with Gasteiger partial charge in [-0.3, -0.25) is 4.68 Å². The van der Waals surface area contributed by atoms with E-state index in [0.717, 1.165) is 11.3 Å². The van der Waals surface area contributed by atoms with E-state index in [0.29, 0.717) is 6.54 Å². The Balaban J connectivity index is 2.65. The van der Waals surface area contributed by atoms with Gasteiger partial charge in [0, 0.05) is 19.2 Å². The summed E-state index contributed by atoms with van der Waals surface area (Å²) in [5.41, 5.74) is 13.2. The molecule has 0 saturated heterocycles. The Morgan fingerprint density at radius 1 is 1.12 bits per heavy atom. The molecule has 0 aliphatic rings. The zero-order valence-electron chi connectivity index (χ0n) is 10.9. The topological polar surface area (TPSA) is 43.8 Å². The fourth-order valence-electron chi connectivity index (χ4n) is 2.18. The fourth-order valence-corrected chi connectivity index (χ4v) is 2.18. The lowest BCUT2D eigenvalue weighted by molar-refractivity contribution is 0.712. The third-order valence-electron chi connectivity index (χ3n) is 3.60. The summed E-state index contributed by atoms with van der Waals surface area (Å²) in [6, 6.07) is 4.32. The van der Waals surface area contributed by atoms with Crippen molar-refractivity contribution in [1.29, 1.82) is 0 Å². The van der Waals surface area contributed by atoms with Crippen molar-refractivity contribution in [3.05, 3.63) is 40.7 Å². The van der Waals surface area contributed by atoms with Gasteiger partial charge in [-0.1, -0.05) is 12.1 Å². The largest absolute Gasteiger partial charge is 0.325 e. The fraction of sp³-hybridized carbons (Fsp3) is 0.357. The number of aryl methyl sites for hydroxylation is 2. The molecule has 0 radical (unpaired) electrons. The molecular formula is C14H19N3. The first kappa shape index (κ1) is 11.9. The van der Waals surface area contributed by atoms with E-state index in [2.05, 4.69) is 38.0 Å². The summed E-state index contributed by atoms with van der Waals surface area (Å²) in [7, 11) is 1.93. The molecule has 0 bridgehead atoms. The van der Waals surface area contributed by atoms with Crippen LogP contribution in [0.15, 0.2) is 18.3 Å². The average molecular weight is 229 g/mol. The van der Waals surface area contributed by atoms with Gasteiger partial charge in [0.25, 0.3) is 0 Å². The summed E-state index contributed by atoms with van der Waals surface area (Å²) in [6.07, 6.45) is 1.90. The maximum absolute atomic E-state index is 5.79. The molecule has 0 aliphatic heterocycles. The van der Waals surface area contributed by atoms with Crippen LogP contribution < -0.4 is 5.73 Å². The molecule has 0 aliphatic carbocycles. The van der Waals surface area contributed by atoms with E-state index in [-0.39, 0.29) is 0 Å². The molecule has 3 heteroatoms. The molecule has 2 N–H and O–H groups in total. The van der Waals surface area contributed by atoms with Crippen molar-refractivity contribution < 1.29 is 0 Å². The Bertz CT molecular complexity index is 553. The predicted molar refractivity (Wildman–Crippen MR) is 70.7 cm³/mol. The monoisotopic (exact) mass is 229 g/mol. The lowest BCUT2D eigenvalue weighted by Crippen LogP contribution is -2.06. The van der Waals surface area contributed by atoms with Crippen LogP contribution in [-0.2, 0) is 13.6 Å². The van der Waals surface area contributed by atoms with Crippen LogP contribution in [0.25, 0.3) is 11.1 Å². The van der Waals surface area contributed by atoms with Crippen molar-refractivity contribution in [1.82, 2.24) is 9.78 Å². The van der Waals surface area contributed by atoms with Gasteiger partial charge in [-0.05, 0) is 43.0 Å². The normalized spacial score (nSPS) is 10.9. The number of nitrogens with two attached hydrogens (primary N) is 1. The quantitative estimate of drug-likeness (QED) is 0.859. The minimum Gasteiger partial charge on any atom is -0.325 e. The van der Waals surface area contributed by atoms with Gasteiger partial charge in [0.2, 0.25) is 0 Å². The summed E-state index contributed by atoms with van der Waals surface area (Å²) in [4.78, 5) is 0. The first-order valence-corrected chi connectivity index (χ1v) is 5.84. The minimum absolute atomic E-state index is 0.512. The Morgan fingerprint density at radius 2 is 1.82 bits per heavy atom. The molecule has 90 valence electrons. The summed E-state index contributed by atoms with van der Waals surface area (Å²) in [5.74, 6) is 0. The molecule has 2 rings (SSSR count). The number of rotatable bonds is 2. The lowest BCUT2D eigenvalue weighted by Gasteiger charge is -2.11. The molecule has 0 spiro atoms. The number of hydrogen-bond acceptors (Lipinski definition) is 2. The van der Waals surface area contributed by atoms with Crippen molar-refractivity contribution in [2.45, 2.75) is 27.3 Å². The third kappa shape index (κ3) is 1.87. The van der Waals surface area contributed by atoms with Crippen LogP contribution in [0.3, 0.4) is 0 Å². The van der Waals surface area contributed by atoms with Gasteiger partial charge in [-0.25, -0.2) is 0 Å². The molecule has 0 atom stereocenters. The van der Waals surface area contributed by atoms with E-state index in [4.69, 9.17) is 5.73 Å². The maximum atomic E-state index is 5.79. The predicted octanol–water partition coefficient (Wildman–Crippen LogP) is 2.47. The van der Waals surface area contributed by atoms with Gasteiger partial charge < -0.3 is 5.73 Å². The molecule has 3 nitrogen and oxygen atoms in total. The van der Waals surface area contributed by atoms with Gasteiger partial charge in [-0.15, -0.1) is 0 Å². The highest BCUT2D eigenvalue weighted by Crippen LogP contribution is 2.29. The summed E-state index contributed by atoms with van der Waals surface area (Å²) in [6.45, 7) is 6.97. The van der Waals surface area contributed by atoms with Crippen LogP contribution in [0.1, 0.15) is 22.4 Å². The molecule has 1 aromatic heterocycles. The molecule has 2 aromatic rings. The molecular weight excluding hydrogens is 210 g/mol. The number of aromatic nitrogens is 2. The van der Waals surface area contributed by atoms with E-state index >= 15 is 0 Å². The first-order chi connectivity index (χ1) is 8.06. The van der Waals surface area contributed by atoms with E-state index in [1.165, 1.54) is 22.3 Å². The highest BCUT2D eigenvalue weighted by atomic mass is 15.3. The number of hydrogen-bond donors (Lipinski definition) is 1. The van der Waals surface area contributed by atoms with Gasteiger partial charge in [0.05, 0.1) is 11.9 Å². The lowest BCUT2D eigenvalue weighted by atomic mass is 9.94. The molecule has 17 heavy (non-hydrogen) atoms. The smallest absolute Gasteiger partial charge is 0.0595 e. The first-order valence-electron chi connectivity index (χ1n) is 5.84. The Morgan fingerprint density at radius 3 is 2.47 bits per heavy atom. The molecule has 1 heterocycles. The average Bonchev–Trinajstić information content (AvgIpc) is 2.67. The SMILES string of the molecule is Cc1ccc(-c2cnn(C)c2CN)c(C)c1C. The van der Waals surface area contributed by atoms with E-state index in [1.54, 1.807) is 0 Å². The van der Waals surface area contributed by atoms with Gasteiger partial charge >= 0.3 is 0 Å². The Hall–Kier alpha value is -1.61. The van der Waals surface area contributed by atoms with Crippen molar-refractivity contribution in [3.8, 4) is 11.1 Å². The van der Waals surface area contributed by atoms with Crippen molar-refractivity contribution in [2.75, 3.05) is 0 Å². The van der Waals surface area contributed by atoms with E-state index < -0.39 is 0 Å². The minimum atomic E-state index is 0.512. The van der Waals surface area contributed by atoms with Crippen LogP contribution >= 0.6 is 0 Å². The highest BCUT2D eigenvalue weighted by molar-refractivity contribution is 5.70. The van der Waals surface area contributed by atoms with Crippen LogP contribution in [0, 0.1) is 20.8 Å². The van der Waals surface area contributed by atoms with Crippen LogP contribution in [0.2, 0.25) is 0 Å². The highest BCUT2D eigenvalue weighted by Gasteiger charge is 2.12. The molecule has 0 saturated carbocycles. The third-order valence-corrected chi connectivity index (χ3v) is 3.60. The summed E-state index contributed by atoms with van der Waals surface area (Å²) in [5, 5.41) is 4.29. The van der Waals surface area contributed by atoms with Gasteiger partial charge in [0.1, 0.15) is 0 Å². The number of nitrogens with zero attached hydrogens (tertiary/aromatic N) is 2. The van der Waals surface area contributed by atoms with Gasteiger partial charge in [0.15, 0.2) is 0 Å². The van der Waals surface area contributed by atoms with E-state index in [1.807, 2.05) is 17.9 Å². The molecule has 0 amide bonds. The maximum Gasteiger partial charge on any atom is 0.0595 e. The van der Waals surface area contributed by atoms with Crippen LogP contribution in [0.4, 0.5) is 0 Å². The molecule has 1 aromatic carbocycles. The van der Waals surface area contributed by atoms with Crippen LogP contribution in [-0.4, -0.2) is 9.78 Å². The second kappa shape index (κ2) is 4.34. The number of benzene rings is 1. The zero-order chi connectivity index (χ0) is 12.6. The standard InChI is InChI=1S/C14H19N3/c1-9-5-6-12(11(3)10(9)2)13-8-16-17(4)14(13)7-15/h5-6,8H,7,15H2,1-4H3. The summed E-state index contributed by atoms with van der Waals surface area (Å²) >= 11 is 0. The van der Waals surface area contributed by atoms with Gasteiger partial charge in [-0.2, -0.15) is 5.10 Å². The second-order valence-corrected chi connectivity index (χ2v) is 4.51. The van der Waals surface area contributed by atoms with Crippen molar-refractivity contribution >= 4 is 0 Å². The van der Waals surface area contributed by atoms with Crippen LogP contribution in [0.5, 0.6) is 0 Å². The molecule has 0 unspecified atom stereocenters. The van der Waals surface area contributed by atoms with Crippen molar-refractivity contribution in [3.63, 3.8) is 0 Å². The zero-order valence-corrected chi connectivity index (χ0v) is 10.9. The summed E-state index contributed by atoms with van der Waals surface area (Å²) < 4.78 is 1.85.